The van der Waals surface area contributed by atoms with Crippen LogP contribution in [0.15, 0.2) is 36.2 Å². The minimum absolute atomic E-state index is 0.113. The smallest absolute Gasteiger partial charge is 0.381 e. The van der Waals surface area contributed by atoms with Crippen LogP contribution in [0.5, 0.6) is 0 Å². The van der Waals surface area contributed by atoms with E-state index in [2.05, 4.69) is 27.4 Å². The van der Waals surface area contributed by atoms with Crippen molar-refractivity contribution in [1.82, 2.24) is 0 Å². The minimum Gasteiger partial charge on any atom is -0.384 e. The number of carbonyl (C=O) groups excluding carboxylic acids is 2. The third-order valence-corrected chi connectivity index (χ3v) is 1.38. The van der Waals surface area contributed by atoms with Crippen molar-refractivity contribution < 1.29 is 23.8 Å². The topological polar surface area (TPSA) is 65.1 Å². The van der Waals surface area contributed by atoms with Crippen LogP contribution < -0.4 is 0 Å². The van der Waals surface area contributed by atoms with Crippen molar-refractivity contribution in [3.63, 3.8) is 0 Å². The summed E-state index contributed by atoms with van der Waals surface area (Å²) in [6.07, 6.45) is 0. The molecule has 1 heterocycles. The number of hydrogen-bond donors (Lipinski definition) is 0. The first-order chi connectivity index (χ1) is 6.91. The van der Waals surface area contributed by atoms with Gasteiger partial charge >= 0.3 is 23.8 Å². The van der Waals surface area contributed by atoms with E-state index in [-0.39, 0.29) is 23.0 Å². The highest BCUT2D eigenvalue weighted by molar-refractivity contribution is 5.89. The number of carbonyl (C=O) groups is 2. The zero-order valence-corrected chi connectivity index (χ0v) is 8.46. The molecule has 0 radical (unpaired) electrons. The molecule has 1 aliphatic rings. The van der Waals surface area contributed by atoms with Gasteiger partial charge < -0.3 is 14.2 Å². The first-order valence-corrected chi connectivity index (χ1v) is 4.09. The fourth-order valence-electron chi connectivity index (χ4n) is 0.526. The van der Waals surface area contributed by atoms with Crippen LogP contribution >= 0.6 is 0 Å². The van der Waals surface area contributed by atoms with Crippen molar-refractivity contribution in [2.24, 2.45) is 0 Å². The third-order valence-electron chi connectivity index (χ3n) is 1.38. The zero-order chi connectivity index (χ0) is 11.6. The van der Waals surface area contributed by atoms with E-state index < -0.39 is 11.9 Å². The summed E-state index contributed by atoms with van der Waals surface area (Å²) in [7, 11) is 0. The Labute approximate surface area is 86.6 Å². The van der Waals surface area contributed by atoms with E-state index in [0.29, 0.717) is 0 Å². The van der Waals surface area contributed by atoms with Crippen molar-refractivity contribution in [2.45, 2.75) is 13.8 Å². The lowest BCUT2D eigenvalue weighted by molar-refractivity contribution is -0.136. The van der Waals surface area contributed by atoms with Crippen molar-refractivity contribution in [1.29, 1.82) is 0 Å². The molecule has 0 aromatic rings. The normalized spacial score (nSPS) is 12.7. The van der Waals surface area contributed by atoms with Crippen molar-refractivity contribution in [2.75, 3.05) is 0 Å². The maximum absolute atomic E-state index is 11.0. The Morgan fingerprint density at radius 3 is 1.60 bits per heavy atom. The van der Waals surface area contributed by atoms with Crippen LogP contribution in [0, 0.1) is 0 Å². The Balaban J connectivity index is 2.46. The fraction of sp³-hybridized carbons (Fsp3) is 0.200. The van der Waals surface area contributed by atoms with Crippen molar-refractivity contribution in [3.8, 4) is 0 Å². The second kappa shape index (κ2) is 4.00. The highest BCUT2D eigenvalue weighted by atomic mass is 16.8. The van der Waals surface area contributed by atoms with Gasteiger partial charge in [-0.05, 0) is 13.8 Å². The first kappa shape index (κ1) is 11.0. The molecule has 0 aromatic heterocycles. The Kier molecular flexibility index (Phi) is 2.94. The van der Waals surface area contributed by atoms with Gasteiger partial charge in [-0.25, -0.2) is 9.59 Å². The van der Waals surface area contributed by atoms with E-state index in [9.17, 15) is 9.59 Å². The standard InChI is InChI=1S/C10H10O5/c1-5(2)7(11)13-9-10(15-9)14-8(12)6(3)4/h1,3H2,2,4H3. The molecule has 0 aliphatic carbocycles. The molecule has 1 rings (SSSR count). The zero-order valence-electron chi connectivity index (χ0n) is 8.46. The van der Waals surface area contributed by atoms with Gasteiger partial charge in [-0.15, -0.1) is 0 Å². The summed E-state index contributed by atoms with van der Waals surface area (Å²) in [4.78, 5) is 21.9. The van der Waals surface area contributed by atoms with E-state index in [1.54, 1.807) is 0 Å². The van der Waals surface area contributed by atoms with Gasteiger partial charge in [0, 0.05) is 11.1 Å². The van der Waals surface area contributed by atoms with Crippen molar-refractivity contribution >= 4 is 11.9 Å². The first-order valence-electron chi connectivity index (χ1n) is 4.09. The summed E-state index contributed by atoms with van der Waals surface area (Å²) >= 11 is 0. The van der Waals surface area contributed by atoms with E-state index in [0.717, 1.165) is 0 Å². The second-order valence-corrected chi connectivity index (χ2v) is 3.02. The highest BCUT2D eigenvalue weighted by Gasteiger charge is 2.35. The molecule has 5 nitrogen and oxygen atoms in total. The molecular formula is C10H10O5. The number of rotatable bonds is 4. The molecule has 0 aromatic carbocycles. The number of esters is 2. The van der Waals surface area contributed by atoms with Crippen LogP contribution in [-0.4, -0.2) is 11.9 Å². The minimum atomic E-state index is -0.633. The van der Waals surface area contributed by atoms with Gasteiger partial charge in [0.05, 0.1) is 0 Å². The Hall–Kier alpha value is -2.04. The van der Waals surface area contributed by atoms with E-state index in [4.69, 9.17) is 0 Å². The monoisotopic (exact) mass is 210 g/mol. The quantitative estimate of drug-likeness (QED) is 0.518. The summed E-state index contributed by atoms with van der Waals surface area (Å²) in [5.41, 5.74) is 0.451. The van der Waals surface area contributed by atoms with Gasteiger partial charge in [-0.2, -0.15) is 0 Å². The van der Waals surface area contributed by atoms with Crippen molar-refractivity contribution in [3.05, 3.63) is 36.2 Å². The molecule has 0 spiro atoms. The van der Waals surface area contributed by atoms with Gasteiger partial charge in [0.25, 0.3) is 0 Å². The second-order valence-electron chi connectivity index (χ2n) is 3.02. The molecule has 0 saturated carbocycles. The SMILES string of the molecule is C=C(C)C(=O)OC1=C(OC(=O)C(=C)C)O1. The van der Waals surface area contributed by atoms with E-state index in [1.807, 2.05) is 0 Å². The number of ether oxygens (including phenoxy) is 3. The highest BCUT2D eigenvalue weighted by Crippen LogP contribution is 2.29. The average molecular weight is 210 g/mol. The molecule has 15 heavy (non-hydrogen) atoms. The molecule has 5 heteroatoms. The molecule has 0 amide bonds. The van der Waals surface area contributed by atoms with Gasteiger partial charge in [-0.1, -0.05) is 13.2 Å². The summed E-state index contributed by atoms with van der Waals surface area (Å²) < 4.78 is 13.9. The van der Waals surface area contributed by atoms with Crippen LogP contribution in [0.3, 0.4) is 0 Å². The molecule has 0 N–H and O–H groups in total. The molecule has 0 atom stereocenters. The van der Waals surface area contributed by atoms with Gasteiger partial charge in [0.1, 0.15) is 0 Å². The molecule has 80 valence electrons. The summed E-state index contributed by atoms with van der Waals surface area (Å²) in [6.45, 7) is 9.73. The summed E-state index contributed by atoms with van der Waals surface area (Å²) in [5.74, 6) is -1.49. The van der Waals surface area contributed by atoms with Crippen LogP contribution in [0.4, 0.5) is 0 Å². The molecular weight excluding hydrogens is 200 g/mol. The molecule has 0 saturated heterocycles. The molecule has 0 unspecified atom stereocenters. The lowest BCUT2D eigenvalue weighted by Gasteiger charge is -1.92. The van der Waals surface area contributed by atoms with Crippen LogP contribution in [0.1, 0.15) is 13.8 Å². The molecule has 0 fully saturated rings. The lowest BCUT2D eigenvalue weighted by atomic mass is 10.4. The summed E-state index contributed by atoms with van der Waals surface area (Å²) in [5, 5.41) is 0. The predicted molar refractivity (Wildman–Crippen MR) is 49.9 cm³/mol. The number of hydrogen-bond acceptors (Lipinski definition) is 5. The summed E-state index contributed by atoms with van der Waals surface area (Å²) in [6, 6.07) is 0. The fourth-order valence-corrected chi connectivity index (χ4v) is 0.526. The Bertz CT molecular complexity index is 353. The van der Waals surface area contributed by atoms with Crippen LogP contribution in [0.2, 0.25) is 0 Å². The largest absolute Gasteiger partial charge is 0.384 e. The van der Waals surface area contributed by atoms with Crippen LogP contribution in [-0.2, 0) is 23.8 Å². The van der Waals surface area contributed by atoms with Gasteiger partial charge in [0.15, 0.2) is 0 Å². The third kappa shape index (κ3) is 2.98. The predicted octanol–water partition coefficient (Wildman–Crippen LogP) is 1.38. The maximum Gasteiger partial charge on any atom is 0.381 e. The molecule has 1 aliphatic heterocycles. The Morgan fingerprint density at radius 2 is 1.33 bits per heavy atom. The van der Waals surface area contributed by atoms with Gasteiger partial charge in [0.2, 0.25) is 0 Å². The van der Waals surface area contributed by atoms with Gasteiger partial charge in [-0.3, -0.25) is 0 Å². The average Bonchev–Trinajstić information content (AvgIpc) is 2.83. The van der Waals surface area contributed by atoms with Crippen LogP contribution in [0.25, 0.3) is 0 Å². The van der Waals surface area contributed by atoms with E-state index >= 15 is 0 Å². The Morgan fingerprint density at radius 1 is 1.00 bits per heavy atom. The molecule has 0 bridgehead atoms. The lowest BCUT2D eigenvalue weighted by Crippen LogP contribution is -2.01. The maximum atomic E-state index is 11.0. The van der Waals surface area contributed by atoms with E-state index in [1.165, 1.54) is 13.8 Å².